The number of para-hydroxylation sites is 1. The van der Waals surface area contributed by atoms with Crippen LogP contribution in [0.4, 0.5) is 11.4 Å². The SMILES string of the molecule is COc1cc2c(cc1I)OCCN2Cc1ccccc1[N+](=O)[O-]. The van der Waals surface area contributed by atoms with E-state index >= 15 is 0 Å². The Morgan fingerprint density at radius 3 is 2.91 bits per heavy atom. The van der Waals surface area contributed by atoms with E-state index in [-0.39, 0.29) is 10.6 Å². The van der Waals surface area contributed by atoms with Crippen LogP contribution in [0.25, 0.3) is 0 Å². The number of anilines is 1. The number of methoxy groups -OCH3 is 1. The first-order chi connectivity index (χ1) is 11.1. The van der Waals surface area contributed by atoms with Gasteiger partial charge in [-0.3, -0.25) is 10.1 Å². The third-order valence-electron chi connectivity index (χ3n) is 3.74. The second-order valence-corrected chi connectivity index (χ2v) is 6.27. The van der Waals surface area contributed by atoms with E-state index in [1.807, 2.05) is 18.2 Å². The zero-order valence-corrected chi connectivity index (χ0v) is 14.6. The summed E-state index contributed by atoms with van der Waals surface area (Å²) in [6.07, 6.45) is 0. The van der Waals surface area contributed by atoms with Gasteiger partial charge in [0.05, 0.1) is 27.8 Å². The van der Waals surface area contributed by atoms with E-state index in [0.717, 1.165) is 20.8 Å². The number of fused-ring (bicyclic) bond motifs is 1. The topological polar surface area (TPSA) is 64.8 Å². The van der Waals surface area contributed by atoms with Crippen molar-refractivity contribution >= 4 is 34.0 Å². The largest absolute Gasteiger partial charge is 0.496 e. The molecule has 0 unspecified atom stereocenters. The van der Waals surface area contributed by atoms with Gasteiger partial charge in [-0.2, -0.15) is 0 Å². The van der Waals surface area contributed by atoms with E-state index in [4.69, 9.17) is 9.47 Å². The molecule has 2 aromatic carbocycles. The van der Waals surface area contributed by atoms with Gasteiger partial charge in [-0.25, -0.2) is 0 Å². The van der Waals surface area contributed by atoms with Crippen molar-refractivity contribution in [2.75, 3.05) is 25.2 Å². The Labute approximate surface area is 147 Å². The molecule has 0 atom stereocenters. The van der Waals surface area contributed by atoms with Gasteiger partial charge < -0.3 is 14.4 Å². The van der Waals surface area contributed by atoms with Gasteiger partial charge in [0.2, 0.25) is 0 Å². The highest BCUT2D eigenvalue weighted by molar-refractivity contribution is 14.1. The van der Waals surface area contributed by atoms with Crippen molar-refractivity contribution in [1.29, 1.82) is 0 Å². The number of rotatable bonds is 4. The van der Waals surface area contributed by atoms with Crippen LogP contribution in [0.1, 0.15) is 5.56 Å². The maximum absolute atomic E-state index is 11.2. The van der Waals surface area contributed by atoms with Crippen molar-refractivity contribution in [2.24, 2.45) is 0 Å². The average molecular weight is 426 g/mol. The predicted octanol–water partition coefficient (Wildman–Crippen LogP) is 3.61. The number of nitro benzene ring substituents is 1. The molecule has 2 aromatic rings. The molecule has 0 N–H and O–H groups in total. The van der Waals surface area contributed by atoms with Crippen molar-refractivity contribution in [3.05, 3.63) is 55.6 Å². The molecule has 0 amide bonds. The Morgan fingerprint density at radius 1 is 1.39 bits per heavy atom. The standard InChI is InChI=1S/C16H15IN2O4/c1-22-15-9-14-16(8-12(15)17)23-7-6-18(14)10-11-4-2-3-5-13(11)19(20)21/h2-5,8-9H,6-7,10H2,1H3. The van der Waals surface area contributed by atoms with E-state index in [1.54, 1.807) is 19.2 Å². The van der Waals surface area contributed by atoms with E-state index in [1.165, 1.54) is 6.07 Å². The number of hydrogen-bond donors (Lipinski definition) is 0. The number of nitrogens with zero attached hydrogens (tertiary/aromatic N) is 2. The molecule has 1 aliphatic heterocycles. The Bertz CT molecular complexity index is 751. The predicted molar refractivity (Wildman–Crippen MR) is 95.4 cm³/mol. The van der Waals surface area contributed by atoms with Crippen molar-refractivity contribution < 1.29 is 14.4 Å². The van der Waals surface area contributed by atoms with Gasteiger partial charge in [-0.1, -0.05) is 18.2 Å². The number of nitro groups is 1. The quantitative estimate of drug-likeness (QED) is 0.425. The molecule has 7 heteroatoms. The maximum Gasteiger partial charge on any atom is 0.274 e. The molecule has 23 heavy (non-hydrogen) atoms. The summed E-state index contributed by atoms with van der Waals surface area (Å²) in [5.74, 6) is 1.54. The highest BCUT2D eigenvalue weighted by atomic mass is 127. The number of halogens is 1. The fourth-order valence-electron chi connectivity index (χ4n) is 2.62. The first kappa shape index (κ1) is 15.9. The first-order valence-corrected chi connectivity index (χ1v) is 8.15. The van der Waals surface area contributed by atoms with Crippen molar-refractivity contribution in [1.82, 2.24) is 0 Å². The number of hydrogen-bond acceptors (Lipinski definition) is 5. The van der Waals surface area contributed by atoms with Crippen molar-refractivity contribution in [2.45, 2.75) is 6.54 Å². The Kier molecular flexibility index (Phi) is 4.56. The first-order valence-electron chi connectivity index (χ1n) is 7.07. The third-order valence-corrected chi connectivity index (χ3v) is 4.59. The molecule has 0 radical (unpaired) electrons. The molecule has 0 bridgehead atoms. The van der Waals surface area contributed by atoms with Gasteiger partial charge in [0.15, 0.2) is 0 Å². The van der Waals surface area contributed by atoms with Gasteiger partial charge in [-0.15, -0.1) is 0 Å². The minimum atomic E-state index is -0.342. The normalized spacial score (nSPS) is 13.2. The monoisotopic (exact) mass is 426 g/mol. The molecule has 120 valence electrons. The van der Waals surface area contributed by atoms with Crippen LogP contribution in [-0.2, 0) is 6.54 Å². The zero-order valence-electron chi connectivity index (χ0n) is 12.5. The summed E-state index contributed by atoms with van der Waals surface area (Å²) < 4.78 is 12.1. The highest BCUT2D eigenvalue weighted by Gasteiger charge is 2.23. The second kappa shape index (κ2) is 6.61. The number of benzene rings is 2. The third kappa shape index (κ3) is 3.19. The van der Waals surface area contributed by atoms with Gasteiger partial charge in [-0.05, 0) is 28.7 Å². The lowest BCUT2D eigenvalue weighted by Gasteiger charge is -2.31. The van der Waals surface area contributed by atoms with Crippen LogP contribution < -0.4 is 14.4 Å². The molecular formula is C16H15IN2O4. The van der Waals surface area contributed by atoms with E-state index < -0.39 is 0 Å². The van der Waals surface area contributed by atoms with E-state index in [2.05, 4.69) is 27.5 Å². The summed E-state index contributed by atoms with van der Waals surface area (Å²) in [5.41, 5.74) is 1.72. The van der Waals surface area contributed by atoms with E-state index in [9.17, 15) is 10.1 Å². The highest BCUT2D eigenvalue weighted by Crippen LogP contribution is 2.39. The van der Waals surface area contributed by atoms with Crippen LogP contribution in [0, 0.1) is 13.7 Å². The molecule has 0 spiro atoms. The number of ether oxygens (including phenoxy) is 2. The Balaban J connectivity index is 1.96. The molecule has 0 aromatic heterocycles. The lowest BCUT2D eigenvalue weighted by atomic mass is 10.1. The maximum atomic E-state index is 11.2. The minimum absolute atomic E-state index is 0.137. The van der Waals surface area contributed by atoms with Crippen LogP contribution in [0.5, 0.6) is 11.5 Å². The Hall–Kier alpha value is -2.03. The molecule has 0 saturated heterocycles. The molecule has 0 fully saturated rings. The molecule has 0 aliphatic carbocycles. The van der Waals surface area contributed by atoms with Crippen LogP contribution in [0.2, 0.25) is 0 Å². The summed E-state index contributed by atoms with van der Waals surface area (Å²) >= 11 is 2.20. The fourth-order valence-corrected chi connectivity index (χ4v) is 3.28. The second-order valence-electron chi connectivity index (χ2n) is 5.11. The van der Waals surface area contributed by atoms with Gasteiger partial charge in [0, 0.05) is 24.2 Å². The average Bonchev–Trinajstić information content (AvgIpc) is 2.54. The summed E-state index contributed by atoms with van der Waals surface area (Å²) in [7, 11) is 1.62. The molecular weight excluding hydrogens is 411 g/mol. The smallest absolute Gasteiger partial charge is 0.274 e. The Morgan fingerprint density at radius 2 is 2.17 bits per heavy atom. The lowest BCUT2D eigenvalue weighted by molar-refractivity contribution is -0.385. The molecule has 3 rings (SSSR count). The van der Waals surface area contributed by atoms with Crippen molar-refractivity contribution in [3.8, 4) is 11.5 Å². The van der Waals surface area contributed by atoms with Crippen LogP contribution in [0.15, 0.2) is 36.4 Å². The van der Waals surface area contributed by atoms with Gasteiger partial charge in [0.1, 0.15) is 18.1 Å². The summed E-state index contributed by atoms with van der Waals surface area (Å²) in [6.45, 7) is 1.68. The van der Waals surface area contributed by atoms with Crippen LogP contribution in [-0.4, -0.2) is 25.2 Å². The summed E-state index contributed by atoms with van der Waals surface area (Å²) in [6, 6.07) is 10.7. The zero-order chi connectivity index (χ0) is 16.4. The van der Waals surface area contributed by atoms with Gasteiger partial charge in [0.25, 0.3) is 5.69 Å². The van der Waals surface area contributed by atoms with Crippen LogP contribution >= 0.6 is 22.6 Å². The fraction of sp³-hybridized carbons (Fsp3) is 0.250. The lowest BCUT2D eigenvalue weighted by Crippen LogP contribution is -2.32. The summed E-state index contributed by atoms with van der Waals surface area (Å²) in [5, 5.41) is 11.2. The van der Waals surface area contributed by atoms with Crippen molar-refractivity contribution in [3.63, 3.8) is 0 Å². The summed E-state index contributed by atoms with van der Waals surface area (Å²) in [4.78, 5) is 12.9. The van der Waals surface area contributed by atoms with Gasteiger partial charge >= 0.3 is 0 Å². The molecule has 1 heterocycles. The minimum Gasteiger partial charge on any atom is -0.496 e. The molecule has 0 saturated carbocycles. The van der Waals surface area contributed by atoms with Crippen LogP contribution in [0.3, 0.4) is 0 Å². The molecule has 6 nitrogen and oxygen atoms in total. The molecule has 1 aliphatic rings. The van der Waals surface area contributed by atoms with E-state index in [0.29, 0.717) is 25.3 Å².